The highest BCUT2D eigenvalue weighted by Gasteiger charge is 2.21. The Balaban J connectivity index is 1.72. The first-order valence-corrected chi connectivity index (χ1v) is 11.7. The number of aromatic nitrogens is 1. The molecular formula is C27H34FN3O3. The molecule has 7 heteroatoms. The van der Waals surface area contributed by atoms with Crippen molar-refractivity contribution in [2.45, 2.75) is 65.5 Å². The van der Waals surface area contributed by atoms with E-state index in [0.717, 1.165) is 46.9 Å². The van der Waals surface area contributed by atoms with Crippen molar-refractivity contribution in [2.75, 3.05) is 6.54 Å². The van der Waals surface area contributed by atoms with E-state index in [2.05, 4.69) is 22.5 Å². The smallest absolute Gasteiger partial charge is 0.407 e. The van der Waals surface area contributed by atoms with E-state index in [0.29, 0.717) is 12.2 Å². The highest BCUT2D eigenvalue weighted by atomic mass is 19.1. The summed E-state index contributed by atoms with van der Waals surface area (Å²) in [6.45, 7) is 9.72. The number of aromatic amines is 1. The molecule has 0 fully saturated rings. The molecule has 182 valence electrons. The standard InChI is InChI=1S/C27H34FN3O3/c1-6-7-8-21(30-26(33)34-27(3,4)5)16-29-25(32)24-17(2)22-15-19(11-14-23(22)31-24)18-9-12-20(28)13-10-18/h9-15,21,31H,6-8,16H2,1-5H3,(H,29,32)(H,30,33)/t21-/m0/s1. The van der Waals surface area contributed by atoms with Gasteiger partial charge >= 0.3 is 6.09 Å². The van der Waals surface area contributed by atoms with E-state index in [9.17, 15) is 14.0 Å². The van der Waals surface area contributed by atoms with Gasteiger partial charge in [-0.3, -0.25) is 4.79 Å². The predicted octanol–water partition coefficient (Wildman–Crippen LogP) is 6.10. The predicted molar refractivity (Wildman–Crippen MR) is 133 cm³/mol. The average molecular weight is 468 g/mol. The average Bonchev–Trinajstić information content (AvgIpc) is 3.10. The lowest BCUT2D eigenvalue weighted by Gasteiger charge is -2.24. The maximum atomic E-state index is 13.3. The second-order valence-electron chi connectivity index (χ2n) is 9.59. The zero-order valence-corrected chi connectivity index (χ0v) is 20.5. The van der Waals surface area contributed by atoms with Gasteiger partial charge in [-0.2, -0.15) is 0 Å². The number of halogens is 1. The Morgan fingerprint density at radius 1 is 1.09 bits per heavy atom. The van der Waals surface area contributed by atoms with E-state index in [1.165, 1.54) is 12.1 Å². The van der Waals surface area contributed by atoms with Gasteiger partial charge in [0.25, 0.3) is 5.91 Å². The molecule has 0 spiro atoms. The van der Waals surface area contributed by atoms with Gasteiger partial charge in [-0.05, 0) is 75.1 Å². The quantitative estimate of drug-likeness (QED) is 0.375. The van der Waals surface area contributed by atoms with Gasteiger partial charge in [0.15, 0.2) is 0 Å². The third-order valence-electron chi connectivity index (χ3n) is 5.60. The van der Waals surface area contributed by atoms with E-state index in [1.807, 2.05) is 45.9 Å². The van der Waals surface area contributed by atoms with Crippen LogP contribution in [0.15, 0.2) is 42.5 Å². The molecule has 3 aromatic rings. The third-order valence-corrected chi connectivity index (χ3v) is 5.60. The first-order valence-electron chi connectivity index (χ1n) is 11.7. The molecule has 1 aromatic heterocycles. The molecule has 0 radical (unpaired) electrons. The Kier molecular flexibility index (Phi) is 7.97. The van der Waals surface area contributed by atoms with Crippen LogP contribution < -0.4 is 10.6 Å². The molecule has 34 heavy (non-hydrogen) atoms. The van der Waals surface area contributed by atoms with Crippen molar-refractivity contribution < 1.29 is 18.7 Å². The Morgan fingerprint density at radius 2 is 1.76 bits per heavy atom. The number of amides is 2. The number of aryl methyl sites for hydroxylation is 1. The van der Waals surface area contributed by atoms with E-state index in [-0.39, 0.29) is 17.8 Å². The fourth-order valence-corrected chi connectivity index (χ4v) is 3.83. The second kappa shape index (κ2) is 10.7. The molecule has 1 atom stereocenters. The number of unbranched alkanes of at least 4 members (excludes halogenated alkanes) is 1. The van der Waals surface area contributed by atoms with Crippen LogP contribution in [0, 0.1) is 12.7 Å². The Labute approximate surface area is 200 Å². The number of alkyl carbamates (subject to hydrolysis) is 1. The summed E-state index contributed by atoms with van der Waals surface area (Å²) in [6.07, 6.45) is 2.16. The van der Waals surface area contributed by atoms with Crippen LogP contribution in [0.4, 0.5) is 9.18 Å². The monoisotopic (exact) mass is 467 g/mol. The van der Waals surface area contributed by atoms with Crippen molar-refractivity contribution in [2.24, 2.45) is 0 Å². The van der Waals surface area contributed by atoms with E-state index < -0.39 is 11.7 Å². The van der Waals surface area contributed by atoms with E-state index >= 15 is 0 Å². The molecule has 3 N–H and O–H groups in total. The molecule has 6 nitrogen and oxygen atoms in total. The van der Waals surface area contributed by atoms with Gasteiger partial charge in [0.05, 0.1) is 0 Å². The number of fused-ring (bicyclic) bond motifs is 1. The summed E-state index contributed by atoms with van der Waals surface area (Å²) in [5.74, 6) is -0.510. The number of carbonyl (C=O) groups excluding carboxylic acids is 2. The van der Waals surface area contributed by atoms with Crippen molar-refractivity contribution in [3.63, 3.8) is 0 Å². The van der Waals surface area contributed by atoms with Crippen molar-refractivity contribution in [1.82, 2.24) is 15.6 Å². The zero-order valence-electron chi connectivity index (χ0n) is 20.5. The van der Waals surface area contributed by atoms with Crippen LogP contribution in [0.25, 0.3) is 22.0 Å². The third kappa shape index (κ3) is 6.59. The molecule has 1 heterocycles. The lowest BCUT2D eigenvalue weighted by atomic mass is 10.0. The maximum absolute atomic E-state index is 13.3. The molecular weight excluding hydrogens is 433 g/mol. The Hall–Kier alpha value is -3.35. The fourth-order valence-electron chi connectivity index (χ4n) is 3.83. The van der Waals surface area contributed by atoms with Crippen LogP contribution in [0.2, 0.25) is 0 Å². The minimum atomic E-state index is -0.586. The minimum Gasteiger partial charge on any atom is -0.444 e. The van der Waals surface area contributed by atoms with Crippen LogP contribution in [0.3, 0.4) is 0 Å². The van der Waals surface area contributed by atoms with Gasteiger partial charge in [-0.25, -0.2) is 9.18 Å². The summed E-state index contributed by atoms with van der Waals surface area (Å²) in [7, 11) is 0. The number of ether oxygens (including phenoxy) is 1. The highest BCUT2D eigenvalue weighted by molar-refractivity contribution is 6.01. The molecule has 2 aromatic carbocycles. The van der Waals surface area contributed by atoms with E-state index in [4.69, 9.17) is 4.74 Å². The van der Waals surface area contributed by atoms with Gasteiger partial charge in [0.1, 0.15) is 17.1 Å². The molecule has 0 saturated heterocycles. The molecule has 0 bridgehead atoms. The number of rotatable bonds is 8. The molecule has 0 saturated carbocycles. The van der Waals surface area contributed by atoms with Gasteiger partial charge in [0, 0.05) is 23.5 Å². The summed E-state index contributed by atoms with van der Waals surface area (Å²) in [6, 6.07) is 12.0. The van der Waals surface area contributed by atoms with Gasteiger partial charge in [0.2, 0.25) is 0 Å². The number of benzene rings is 2. The zero-order chi connectivity index (χ0) is 24.9. The number of hydrogen-bond donors (Lipinski definition) is 3. The number of H-pyrrole nitrogens is 1. The largest absolute Gasteiger partial charge is 0.444 e. The number of nitrogens with one attached hydrogen (secondary N) is 3. The van der Waals surface area contributed by atoms with Crippen LogP contribution >= 0.6 is 0 Å². The summed E-state index contributed by atoms with van der Waals surface area (Å²) in [5, 5.41) is 6.75. The van der Waals surface area contributed by atoms with Gasteiger partial charge in [-0.15, -0.1) is 0 Å². The van der Waals surface area contributed by atoms with Crippen LogP contribution in [-0.4, -0.2) is 35.2 Å². The normalized spacial score (nSPS) is 12.4. The summed E-state index contributed by atoms with van der Waals surface area (Å²) in [5.41, 5.74) is 3.43. The van der Waals surface area contributed by atoms with Crippen LogP contribution in [0.5, 0.6) is 0 Å². The highest BCUT2D eigenvalue weighted by Crippen LogP contribution is 2.28. The molecule has 3 rings (SSSR count). The lowest BCUT2D eigenvalue weighted by Crippen LogP contribution is -2.45. The SMILES string of the molecule is CCCC[C@@H](CNC(=O)c1[nH]c2ccc(-c3ccc(F)cc3)cc2c1C)NC(=O)OC(C)(C)C. The van der Waals surface area contributed by atoms with Crippen molar-refractivity contribution >= 4 is 22.9 Å². The lowest BCUT2D eigenvalue weighted by molar-refractivity contribution is 0.0498. The van der Waals surface area contributed by atoms with Crippen molar-refractivity contribution in [1.29, 1.82) is 0 Å². The number of hydrogen-bond acceptors (Lipinski definition) is 3. The molecule has 0 unspecified atom stereocenters. The van der Waals surface area contributed by atoms with Crippen LogP contribution in [0.1, 0.15) is 63.0 Å². The Morgan fingerprint density at radius 3 is 2.41 bits per heavy atom. The van der Waals surface area contributed by atoms with E-state index in [1.54, 1.807) is 12.1 Å². The summed E-state index contributed by atoms with van der Waals surface area (Å²) >= 11 is 0. The van der Waals surface area contributed by atoms with Gasteiger partial charge < -0.3 is 20.4 Å². The fraction of sp³-hybridized carbons (Fsp3) is 0.407. The second-order valence-corrected chi connectivity index (χ2v) is 9.59. The first kappa shape index (κ1) is 25.3. The topological polar surface area (TPSA) is 83.2 Å². The minimum absolute atomic E-state index is 0.228. The summed E-state index contributed by atoms with van der Waals surface area (Å²) in [4.78, 5) is 28.4. The first-order chi connectivity index (χ1) is 16.1. The van der Waals surface area contributed by atoms with Crippen molar-refractivity contribution in [3.8, 4) is 11.1 Å². The van der Waals surface area contributed by atoms with Gasteiger partial charge in [-0.1, -0.05) is 38.0 Å². The molecule has 0 aliphatic heterocycles. The van der Waals surface area contributed by atoms with Crippen LogP contribution in [-0.2, 0) is 4.74 Å². The summed E-state index contributed by atoms with van der Waals surface area (Å²) < 4.78 is 18.6. The molecule has 0 aliphatic carbocycles. The number of carbonyl (C=O) groups is 2. The maximum Gasteiger partial charge on any atom is 0.407 e. The molecule has 0 aliphatic rings. The Bertz CT molecular complexity index is 1150. The molecule has 2 amide bonds. The van der Waals surface area contributed by atoms with Crippen molar-refractivity contribution in [3.05, 3.63) is 59.5 Å².